The van der Waals surface area contributed by atoms with Crippen LogP contribution in [0, 0.1) is 0 Å². The van der Waals surface area contributed by atoms with Crippen molar-refractivity contribution in [1.29, 1.82) is 0 Å². The molecule has 1 aromatic rings. The summed E-state index contributed by atoms with van der Waals surface area (Å²) in [4.78, 5) is 2.39. The first-order valence-electron chi connectivity index (χ1n) is 6.15. The molecule has 2 rings (SSSR count). The van der Waals surface area contributed by atoms with Crippen LogP contribution in [0.3, 0.4) is 0 Å². The molecular formula is C13H20BrN3. The van der Waals surface area contributed by atoms with Crippen molar-refractivity contribution in [2.45, 2.75) is 12.5 Å². The number of halogens is 1. The highest BCUT2D eigenvalue weighted by Gasteiger charge is 2.15. The fourth-order valence-electron chi connectivity index (χ4n) is 2.14. The minimum Gasteiger partial charge on any atom is -0.385 e. The largest absolute Gasteiger partial charge is 0.385 e. The zero-order chi connectivity index (χ0) is 12.1. The van der Waals surface area contributed by atoms with E-state index < -0.39 is 0 Å². The van der Waals surface area contributed by atoms with E-state index in [0.717, 1.165) is 30.7 Å². The van der Waals surface area contributed by atoms with E-state index in [1.54, 1.807) is 0 Å². The topological polar surface area (TPSA) is 27.3 Å². The molecule has 0 saturated carbocycles. The molecule has 0 amide bonds. The number of nitrogens with zero attached hydrogens (tertiary/aromatic N) is 1. The van der Waals surface area contributed by atoms with Crippen LogP contribution in [0.25, 0.3) is 0 Å². The Kier molecular flexibility index (Phi) is 4.83. The van der Waals surface area contributed by atoms with Crippen molar-refractivity contribution in [2.24, 2.45) is 0 Å². The summed E-state index contributed by atoms with van der Waals surface area (Å²) in [7, 11) is 2.19. The molecule has 2 N–H and O–H groups in total. The van der Waals surface area contributed by atoms with Crippen molar-refractivity contribution >= 4 is 21.6 Å². The summed E-state index contributed by atoms with van der Waals surface area (Å²) < 4.78 is 1.12. The fraction of sp³-hybridized carbons (Fsp3) is 0.538. The molecule has 1 saturated heterocycles. The maximum absolute atomic E-state index is 3.56. The normalized spacial score (nSPS) is 21.4. The minimum absolute atomic E-state index is 0.622. The molecule has 1 heterocycles. The van der Waals surface area contributed by atoms with Gasteiger partial charge < -0.3 is 15.5 Å². The molecule has 0 bridgehead atoms. The molecular weight excluding hydrogens is 278 g/mol. The number of hydrogen-bond acceptors (Lipinski definition) is 3. The molecule has 1 atom stereocenters. The summed E-state index contributed by atoms with van der Waals surface area (Å²) >= 11 is 3.44. The number of piperazine rings is 1. The van der Waals surface area contributed by atoms with Gasteiger partial charge in [-0.05, 0) is 37.7 Å². The Morgan fingerprint density at radius 3 is 2.88 bits per heavy atom. The van der Waals surface area contributed by atoms with Crippen LogP contribution >= 0.6 is 15.9 Å². The standard InChI is InChI=1S/C13H20BrN3/c1-17-9-8-16-13(10-17)6-7-15-12-4-2-11(14)3-5-12/h2-5,13,15-16H,6-10H2,1H3. The van der Waals surface area contributed by atoms with Gasteiger partial charge in [-0.1, -0.05) is 15.9 Å². The third-order valence-corrected chi connectivity index (χ3v) is 3.65. The molecule has 1 aliphatic heterocycles. The molecule has 17 heavy (non-hydrogen) atoms. The Labute approximate surface area is 112 Å². The highest BCUT2D eigenvalue weighted by atomic mass is 79.9. The van der Waals surface area contributed by atoms with Gasteiger partial charge in [-0.3, -0.25) is 0 Å². The van der Waals surface area contributed by atoms with Gasteiger partial charge in [0.05, 0.1) is 0 Å². The molecule has 0 radical (unpaired) electrons. The fourth-order valence-corrected chi connectivity index (χ4v) is 2.41. The van der Waals surface area contributed by atoms with Crippen molar-refractivity contribution in [2.75, 3.05) is 38.5 Å². The van der Waals surface area contributed by atoms with Gasteiger partial charge in [0.15, 0.2) is 0 Å². The molecule has 1 unspecified atom stereocenters. The van der Waals surface area contributed by atoms with Crippen LogP contribution in [-0.4, -0.2) is 44.2 Å². The van der Waals surface area contributed by atoms with Crippen molar-refractivity contribution in [3.05, 3.63) is 28.7 Å². The summed E-state index contributed by atoms with van der Waals surface area (Å²) in [6.07, 6.45) is 1.17. The lowest BCUT2D eigenvalue weighted by atomic mass is 10.1. The second-order valence-corrected chi connectivity index (χ2v) is 5.55. The summed E-state index contributed by atoms with van der Waals surface area (Å²) in [5.74, 6) is 0. The Hall–Kier alpha value is -0.580. The van der Waals surface area contributed by atoms with Gasteiger partial charge in [-0.25, -0.2) is 0 Å². The lowest BCUT2D eigenvalue weighted by molar-refractivity contribution is 0.234. The zero-order valence-electron chi connectivity index (χ0n) is 10.2. The van der Waals surface area contributed by atoms with Gasteiger partial charge in [0.2, 0.25) is 0 Å². The van der Waals surface area contributed by atoms with Crippen molar-refractivity contribution in [3.63, 3.8) is 0 Å². The summed E-state index contributed by atoms with van der Waals surface area (Å²) in [5, 5.41) is 7.01. The predicted octanol–water partition coefficient (Wildman–Crippen LogP) is 2.15. The predicted molar refractivity (Wildman–Crippen MR) is 76.5 cm³/mol. The molecule has 1 fully saturated rings. The number of rotatable bonds is 4. The van der Waals surface area contributed by atoms with E-state index >= 15 is 0 Å². The number of hydrogen-bond donors (Lipinski definition) is 2. The quantitative estimate of drug-likeness (QED) is 0.892. The highest BCUT2D eigenvalue weighted by molar-refractivity contribution is 9.10. The van der Waals surface area contributed by atoms with Gasteiger partial charge in [-0.15, -0.1) is 0 Å². The van der Waals surface area contributed by atoms with Crippen LogP contribution in [0.1, 0.15) is 6.42 Å². The number of anilines is 1. The van der Waals surface area contributed by atoms with E-state index in [1.807, 2.05) is 0 Å². The SMILES string of the molecule is CN1CCNC(CCNc2ccc(Br)cc2)C1. The maximum atomic E-state index is 3.56. The van der Waals surface area contributed by atoms with Crippen LogP contribution in [-0.2, 0) is 0 Å². The average molecular weight is 298 g/mol. The molecule has 1 aromatic carbocycles. The first-order chi connectivity index (χ1) is 8.24. The molecule has 0 spiro atoms. The lowest BCUT2D eigenvalue weighted by Crippen LogP contribution is -2.49. The Morgan fingerprint density at radius 2 is 2.18 bits per heavy atom. The van der Waals surface area contributed by atoms with Crippen LogP contribution in [0.15, 0.2) is 28.7 Å². The van der Waals surface area contributed by atoms with Gasteiger partial charge in [0, 0.05) is 42.4 Å². The molecule has 3 nitrogen and oxygen atoms in total. The van der Waals surface area contributed by atoms with Crippen LogP contribution in [0.5, 0.6) is 0 Å². The van der Waals surface area contributed by atoms with E-state index in [0.29, 0.717) is 6.04 Å². The summed E-state index contributed by atoms with van der Waals surface area (Å²) in [6.45, 7) is 4.45. The molecule has 94 valence electrons. The van der Waals surface area contributed by atoms with Crippen LogP contribution in [0.4, 0.5) is 5.69 Å². The third kappa shape index (κ3) is 4.30. The van der Waals surface area contributed by atoms with Gasteiger partial charge in [-0.2, -0.15) is 0 Å². The van der Waals surface area contributed by atoms with Gasteiger partial charge >= 0.3 is 0 Å². The highest BCUT2D eigenvalue weighted by Crippen LogP contribution is 2.14. The van der Waals surface area contributed by atoms with E-state index in [2.05, 4.69) is 62.8 Å². The van der Waals surface area contributed by atoms with E-state index in [-0.39, 0.29) is 0 Å². The molecule has 0 aromatic heterocycles. The monoisotopic (exact) mass is 297 g/mol. The van der Waals surface area contributed by atoms with Gasteiger partial charge in [0.1, 0.15) is 0 Å². The molecule has 4 heteroatoms. The Balaban J connectivity index is 1.70. The Bertz CT molecular complexity index is 339. The van der Waals surface area contributed by atoms with Crippen molar-refractivity contribution in [3.8, 4) is 0 Å². The minimum atomic E-state index is 0.622. The van der Waals surface area contributed by atoms with E-state index in [4.69, 9.17) is 0 Å². The zero-order valence-corrected chi connectivity index (χ0v) is 11.8. The van der Waals surface area contributed by atoms with Crippen molar-refractivity contribution in [1.82, 2.24) is 10.2 Å². The summed E-state index contributed by atoms with van der Waals surface area (Å²) in [6, 6.07) is 8.95. The van der Waals surface area contributed by atoms with E-state index in [9.17, 15) is 0 Å². The van der Waals surface area contributed by atoms with Crippen LogP contribution < -0.4 is 10.6 Å². The lowest BCUT2D eigenvalue weighted by Gasteiger charge is -2.31. The second-order valence-electron chi connectivity index (χ2n) is 4.64. The number of likely N-dealkylation sites (N-methyl/N-ethyl adjacent to an activating group) is 1. The average Bonchev–Trinajstić information content (AvgIpc) is 2.32. The van der Waals surface area contributed by atoms with Crippen LogP contribution in [0.2, 0.25) is 0 Å². The molecule has 1 aliphatic rings. The Morgan fingerprint density at radius 1 is 1.41 bits per heavy atom. The first kappa shape index (κ1) is 12.9. The van der Waals surface area contributed by atoms with Gasteiger partial charge in [0.25, 0.3) is 0 Å². The van der Waals surface area contributed by atoms with Crippen molar-refractivity contribution < 1.29 is 0 Å². The maximum Gasteiger partial charge on any atom is 0.0340 e. The number of nitrogens with one attached hydrogen (secondary N) is 2. The third-order valence-electron chi connectivity index (χ3n) is 3.12. The molecule has 0 aliphatic carbocycles. The smallest absolute Gasteiger partial charge is 0.0340 e. The first-order valence-corrected chi connectivity index (χ1v) is 6.95. The van der Waals surface area contributed by atoms with E-state index in [1.165, 1.54) is 12.1 Å². The summed E-state index contributed by atoms with van der Waals surface area (Å²) in [5.41, 5.74) is 1.19. The second kappa shape index (κ2) is 6.38. The number of benzene rings is 1.